The Morgan fingerprint density at radius 1 is 1.60 bits per heavy atom. The van der Waals surface area contributed by atoms with Gasteiger partial charge in [0.25, 0.3) is 0 Å². The number of morpholine rings is 1. The number of ether oxygens (including phenoxy) is 2. The number of methoxy groups -OCH3 is 1. The molecular weight excluding hydrogens is 194 g/mol. The Morgan fingerprint density at radius 2 is 2.27 bits per heavy atom. The van der Waals surface area contributed by atoms with E-state index < -0.39 is 6.10 Å². The molecule has 0 amide bonds. The molecule has 1 aliphatic heterocycles. The van der Waals surface area contributed by atoms with E-state index in [0.717, 1.165) is 13.1 Å². The molecule has 0 aliphatic carbocycles. The van der Waals surface area contributed by atoms with Gasteiger partial charge in [-0.05, 0) is 20.8 Å². The van der Waals surface area contributed by atoms with Gasteiger partial charge in [-0.2, -0.15) is 0 Å². The number of nitrogens with zero attached hydrogens (tertiary/aromatic N) is 1. The highest BCUT2D eigenvalue weighted by molar-refractivity contribution is 4.83. The predicted molar refractivity (Wildman–Crippen MR) is 58.9 cm³/mol. The molecule has 0 saturated carbocycles. The van der Waals surface area contributed by atoms with Crippen molar-refractivity contribution in [3.8, 4) is 0 Å². The van der Waals surface area contributed by atoms with Crippen LogP contribution in [-0.2, 0) is 9.47 Å². The molecule has 0 aromatic carbocycles. The zero-order valence-corrected chi connectivity index (χ0v) is 10.2. The molecule has 90 valence electrons. The first-order valence-corrected chi connectivity index (χ1v) is 5.50. The molecule has 0 radical (unpaired) electrons. The summed E-state index contributed by atoms with van der Waals surface area (Å²) in [5.74, 6) is 0. The lowest BCUT2D eigenvalue weighted by molar-refractivity contribution is -0.135. The lowest BCUT2D eigenvalue weighted by Crippen LogP contribution is -2.53. The predicted octanol–water partition coefficient (Wildman–Crippen LogP) is 0.493. The van der Waals surface area contributed by atoms with Crippen molar-refractivity contribution in [1.82, 2.24) is 4.90 Å². The van der Waals surface area contributed by atoms with E-state index in [9.17, 15) is 5.11 Å². The van der Waals surface area contributed by atoms with Crippen molar-refractivity contribution in [1.29, 1.82) is 0 Å². The maximum absolute atomic E-state index is 9.65. The molecule has 2 atom stereocenters. The highest BCUT2D eigenvalue weighted by atomic mass is 16.5. The van der Waals surface area contributed by atoms with Gasteiger partial charge in [0, 0.05) is 26.7 Å². The van der Waals surface area contributed by atoms with Crippen molar-refractivity contribution in [3.63, 3.8) is 0 Å². The van der Waals surface area contributed by atoms with Gasteiger partial charge in [-0.25, -0.2) is 0 Å². The third-order valence-electron chi connectivity index (χ3n) is 2.47. The van der Waals surface area contributed by atoms with Gasteiger partial charge in [-0.15, -0.1) is 0 Å². The first kappa shape index (κ1) is 12.9. The first-order valence-electron chi connectivity index (χ1n) is 5.50. The summed E-state index contributed by atoms with van der Waals surface area (Å²) < 4.78 is 10.7. The maximum Gasteiger partial charge on any atom is 0.0900 e. The summed E-state index contributed by atoms with van der Waals surface area (Å²) in [7, 11) is 1.61. The van der Waals surface area contributed by atoms with Crippen molar-refractivity contribution in [3.05, 3.63) is 0 Å². The van der Waals surface area contributed by atoms with E-state index >= 15 is 0 Å². The van der Waals surface area contributed by atoms with Gasteiger partial charge in [-0.3, -0.25) is 4.90 Å². The lowest BCUT2D eigenvalue weighted by atomic mass is 10.1. The fraction of sp³-hybridized carbons (Fsp3) is 1.00. The third-order valence-corrected chi connectivity index (χ3v) is 2.47. The minimum Gasteiger partial charge on any atom is -0.389 e. The van der Waals surface area contributed by atoms with Gasteiger partial charge in [0.15, 0.2) is 0 Å². The van der Waals surface area contributed by atoms with Crippen molar-refractivity contribution >= 4 is 0 Å². The average Bonchev–Trinajstić information content (AvgIpc) is 1.99. The Morgan fingerprint density at radius 3 is 2.80 bits per heavy atom. The second kappa shape index (κ2) is 5.25. The van der Waals surface area contributed by atoms with E-state index in [-0.39, 0.29) is 11.7 Å². The van der Waals surface area contributed by atoms with Gasteiger partial charge in [0.1, 0.15) is 0 Å². The van der Waals surface area contributed by atoms with Crippen LogP contribution < -0.4 is 0 Å². The molecule has 4 heteroatoms. The largest absolute Gasteiger partial charge is 0.389 e. The monoisotopic (exact) mass is 217 g/mol. The van der Waals surface area contributed by atoms with Crippen LogP contribution in [0.5, 0.6) is 0 Å². The van der Waals surface area contributed by atoms with Crippen LogP contribution in [0.2, 0.25) is 0 Å². The Balaban J connectivity index is 2.41. The number of aliphatic hydroxyl groups excluding tert-OH is 1. The van der Waals surface area contributed by atoms with Crippen molar-refractivity contribution < 1.29 is 14.6 Å². The summed E-state index contributed by atoms with van der Waals surface area (Å²) in [6.45, 7) is 9.02. The van der Waals surface area contributed by atoms with Crippen LogP contribution in [0.4, 0.5) is 0 Å². The van der Waals surface area contributed by atoms with Crippen LogP contribution in [0.25, 0.3) is 0 Å². The molecule has 0 aromatic heterocycles. The fourth-order valence-electron chi connectivity index (χ4n) is 2.27. The summed E-state index contributed by atoms with van der Waals surface area (Å²) in [6.07, 6.45) is -0.181. The molecule has 2 unspecified atom stereocenters. The topological polar surface area (TPSA) is 41.9 Å². The molecule has 0 bridgehead atoms. The first-order chi connectivity index (χ1) is 6.93. The van der Waals surface area contributed by atoms with Crippen LogP contribution >= 0.6 is 0 Å². The summed E-state index contributed by atoms with van der Waals surface area (Å²) in [5, 5.41) is 9.65. The Labute approximate surface area is 92.2 Å². The SMILES string of the molecule is COCC(O)CN1CC(C)OC(C)(C)C1. The van der Waals surface area contributed by atoms with E-state index in [1.54, 1.807) is 7.11 Å². The van der Waals surface area contributed by atoms with Gasteiger partial charge in [-0.1, -0.05) is 0 Å². The minimum absolute atomic E-state index is 0.121. The molecule has 4 nitrogen and oxygen atoms in total. The van der Waals surface area contributed by atoms with Gasteiger partial charge >= 0.3 is 0 Å². The molecule has 1 saturated heterocycles. The van der Waals surface area contributed by atoms with Crippen LogP contribution in [0.15, 0.2) is 0 Å². The van der Waals surface area contributed by atoms with E-state index in [1.807, 2.05) is 0 Å². The molecule has 0 spiro atoms. The fourth-order valence-corrected chi connectivity index (χ4v) is 2.27. The van der Waals surface area contributed by atoms with Crippen molar-refractivity contribution in [2.24, 2.45) is 0 Å². The number of rotatable bonds is 4. The second-order valence-electron chi connectivity index (χ2n) is 4.99. The highest BCUT2D eigenvalue weighted by Gasteiger charge is 2.31. The van der Waals surface area contributed by atoms with Gasteiger partial charge in [0.2, 0.25) is 0 Å². The van der Waals surface area contributed by atoms with E-state index in [0.29, 0.717) is 13.2 Å². The molecule has 1 fully saturated rings. The van der Waals surface area contributed by atoms with Gasteiger partial charge in [0.05, 0.1) is 24.4 Å². The standard InChI is InChI=1S/C11H23NO3/c1-9-5-12(6-10(13)7-14-4)8-11(2,3)15-9/h9-10,13H,5-8H2,1-4H3. The summed E-state index contributed by atoms with van der Waals surface area (Å²) in [5.41, 5.74) is -0.121. The zero-order chi connectivity index (χ0) is 11.5. The number of β-amino-alcohol motifs (C(OH)–C–C–N with tert-alkyl or cyclic N) is 1. The summed E-state index contributed by atoms with van der Waals surface area (Å²) in [4.78, 5) is 2.23. The quantitative estimate of drug-likeness (QED) is 0.744. The Hall–Kier alpha value is -0.160. The molecule has 15 heavy (non-hydrogen) atoms. The lowest BCUT2D eigenvalue weighted by Gasteiger charge is -2.42. The second-order valence-corrected chi connectivity index (χ2v) is 4.99. The van der Waals surface area contributed by atoms with Gasteiger partial charge < -0.3 is 14.6 Å². The van der Waals surface area contributed by atoms with Crippen LogP contribution in [-0.4, -0.2) is 61.2 Å². The smallest absolute Gasteiger partial charge is 0.0900 e. The van der Waals surface area contributed by atoms with Crippen LogP contribution in [0.3, 0.4) is 0 Å². The van der Waals surface area contributed by atoms with Crippen molar-refractivity contribution in [2.75, 3.05) is 33.4 Å². The summed E-state index contributed by atoms with van der Waals surface area (Å²) >= 11 is 0. The number of aliphatic hydroxyl groups is 1. The molecule has 1 heterocycles. The molecule has 0 aromatic rings. The summed E-state index contributed by atoms with van der Waals surface area (Å²) in [6, 6.07) is 0. The molecule has 1 rings (SSSR count). The average molecular weight is 217 g/mol. The third kappa shape index (κ3) is 4.47. The number of hydrogen-bond donors (Lipinski definition) is 1. The molecule has 1 N–H and O–H groups in total. The number of hydrogen-bond acceptors (Lipinski definition) is 4. The minimum atomic E-state index is -0.406. The highest BCUT2D eigenvalue weighted by Crippen LogP contribution is 2.20. The van der Waals surface area contributed by atoms with E-state index in [2.05, 4.69) is 25.7 Å². The van der Waals surface area contributed by atoms with E-state index in [4.69, 9.17) is 9.47 Å². The van der Waals surface area contributed by atoms with Crippen LogP contribution in [0, 0.1) is 0 Å². The normalized spacial score (nSPS) is 29.0. The maximum atomic E-state index is 9.65. The Kier molecular flexibility index (Phi) is 4.52. The zero-order valence-electron chi connectivity index (χ0n) is 10.2. The van der Waals surface area contributed by atoms with E-state index in [1.165, 1.54) is 0 Å². The molecule has 1 aliphatic rings. The Bertz CT molecular complexity index is 196. The molecular formula is C11H23NO3. The van der Waals surface area contributed by atoms with Crippen molar-refractivity contribution in [2.45, 2.75) is 38.6 Å². The van der Waals surface area contributed by atoms with Crippen LogP contribution in [0.1, 0.15) is 20.8 Å².